The van der Waals surface area contributed by atoms with E-state index >= 15 is 0 Å². The summed E-state index contributed by atoms with van der Waals surface area (Å²) in [6.07, 6.45) is 3.37. The highest BCUT2D eigenvalue weighted by Crippen LogP contribution is 2.39. The Hall–Kier alpha value is -4.57. The molecule has 0 bridgehead atoms. The normalized spacial score (nSPS) is 14.0. The number of fused-ring (bicyclic) bond motifs is 4. The number of benzene rings is 2. The zero-order valence-corrected chi connectivity index (χ0v) is 22.7. The quantitative estimate of drug-likeness (QED) is 0.247. The summed E-state index contributed by atoms with van der Waals surface area (Å²) in [5.41, 5.74) is 4.23. The maximum Gasteiger partial charge on any atom is 0.299 e. The van der Waals surface area contributed by atoms with Crippen LogP contribution in [0.5, 0.6) is 11.8 Å². The molecule has 0 atom stereocenters. The van der Waals surface area contributed by atoms with E-state index in [0.29, 0.717) is 54.0 Å². The third kappa shape index (κ3) is 4.12. The smallest absolute Gasteiger partial charge is 0.299 e. The van der Waals surface area contributed by atoms with Gasteiger partial charge in [-0.3, -0.25) is 9.55 Å². The molecule has 7 rings (SSSR count). The molecule has 2 aromatic carbocycles. The highest BCUT2D eigenvalue weighted by Gasteiger charge is 2.36. The maximum atomic E-state index is 14.0. The predicted octanol–water partition coefficient (Wildman–Crippen LogP) is 6.40. The van der Waals surface area contributed by atoms with Crippen LogP contribution >= 0.6 is 11.3 Å². The van der Waals surface area contributed by atoms with Crippen molar-refractivity contribution >= 4 is 38.4 Å². The number of hydrogen-bond acceptors (Lipinski definition) is 8. The molecule has 1 aliphatic heterocycles. The Morgan fingerprint density at radius 1 is 1.07 bits per heavy atom. The molecule has 0 saturated heterocycles. The molecule has 0 amide bonds. The number of thiophene rings is 1. The molecule has 10 heteroatoms. The number of rotatable bonds is 6. The number of imidazole rings is 1. The summed E-state index contributed by atoms with van der Waals surface area (Å²) in [5.74, 6) is 0.678. The standard InChI is InChI=1S/C30H25FN6O2S/c1-30(2)16-39-29-34-25-27(35-26(36-28(25)37(29)30)18-12-19(31)14-32-13-18)33-10-9-17-7-8-23(38)21(11-17)22-15-40-24-6-4-3-5-20(22)24/h3-8,11-15,38H,9-10,16H2,1-2H3,(H,33,35,36). The number of phenols is 1. The van der Waals surface area contributed by atoms with E-state index in [1.54, 1.807) is 23.6 Å². The third-order valence-corrected chi connectivity index (χ3v) is 8.10. The van der Waals surface area contributed by atoms with Crippen LogP contribution in [0.25, 0.3) is 43.8 Å². The van der Waals surface area contributed by atoms with Crippen molar-refractivity contribution in [3.8, 4) is 34.3 Å². The average molecular weight is 553 g/mol. The van der Waals surface area contributed by atoms with Crippen LogP contribution in [0.2, 0.25) is 0 Å². The van der Waals surface area contributed by atoms with Gasteiger partial charge in [0.1, 0.15) is 18.2 Å². The van der Waals surface area contributed by atoms with Crippen LogP contribution < -0.4 is 10.1 Å². The first-order chi connectivity index (χ1) is 19.4. The van der Waals surface area contributed by atoms with Gasteiger partial charge < -0.3 is 15.2 Å². The molecule has 0 spiro atoms. The summed E-state index contributed by atoms with van der Waals surface area (Å²) in [6.45, 7) is 5.15. The molecule has 200 valence electrons. The van der Waals surface area contributed by atoms with Crippen molar-refractivity contribution < 1.29 is 14.2 Å². The van der Waals surface area contributed by atoms with Crippen molar-refractivity contribution in [2.45, 2.75) is 25.8 Å². The zero-order chi connectivity index (χ0) is 27.4. The second kappa shape index (κ2) is 9.27. The number of nitrogens with zero attached hydrogens (tertiary/aromatic N) is 5. The van der Waals surface area contributed by atoms with Crippen LogP contribution in [-0.4, -0.2) is 42.8 Å². The van der Waals surface area contributed by atoms with Crippen molar-refractivity contribution in [1.29, 1.82) is 0 Å². The Bertz CT molecular complexity index is 1910. The van der Waals surface area contributed by atoms with Crippen molar-refractivity contribution in [1.82, 2.24) is 24.5 Å². The van der Waals surface area contributed by atoms with Gasteiger partial charge in [-0.15, -0.1) is 11.3 Å². The fourth-order valence-electron chi connectivity index (χ4n) is 5.14. The second-order valence-electron chi connectivity index (χ2n) is 10.5. The molecule has 0 aliphatic carbocycles. The minimum Gasteiger partial charge on any atom is -0.507 e. The summed E-state index contributed by atoms with van der Waals surface area (Å²) in [7, 11) is 0. The lowest BCUT2D eigenvalue weighted by atomic mass is 10.00. The topological polar surface area (TPSA) is 98.0 Å². The summed E-state index contributed by atoms with van der Waals surface area (Å²) < 4.78 is 23.0. The van der Waals surface area contributed by atoms with Crippen molar-refractivity contribution in [2.75, 3.05) is 18.5 Å². The molecular weight excluding hydrogens is 527 g/mol. The minimum absolute atomic E-state index is 0.251. The first-order valence-electron chi connectivity index (χ1n) is 12.9. The molecular formula is C30H25FN6O2S. The monoisotopic (exact) mass is 552 g/mol. The van der Waals surface area contributed by atoms with Gasteiger partial charge in [-0.05, 0) is 55.5 Å². The van der Waals surface area contributed by atoms with Gasteiger partial charge in [-0.25, -0.2) is 14.4 Å². The summed E-state index contributed by atoms with van der Waals surface area (Å²) in [6, 6.07) is 15.8. The predicted molar refractivity (Wildman–Crippen MR) is 154 cm³/mol. The Balaban J connectivity index is 1.21. The molecule has 0 unspecified atom stereocenters. The Morgan fingerprint density at radius 3 is 2.83 bits per heavy atom. The van der Waals surface area contributed by atoms with Crippen molar-refractivity contribution in [3.05, 3.63) is 77.7 Å². The highest BCUT2D eigenvalue weighted by molar-refractivity contribution is 7.17. The van der Waals surface area contributed by atoms with E-state index < -0.39 is 5.82 Å². The number of halogens is 1. The molecule has 6 aromatic rings. The highest BCUT2D eigenvalue weighted by atomic mass is 32.1. The van der Waals surface area contributed by atoms with Gasteiger partial charge in [0.05, 0.1) is 11.7 Å². The molecule has 8 nitrogen and oxygen atoms in total. The SMILES string of the molecule is CC1(C)COc2nc3c(NCCc4ccc(O)c(-c5csc6ccccc56)c4)nc(-c4cncc(F)c4)nc3n21. The minimum atomic E-state index is -0.459. The lowest BCUT2D eigenvalue weighted by Crippen LogP contribution is -2.25. The van der Waals surface area contributed by atoms with E-state index in [2.05, 4.69) is 46.6 Å². The maximum absolute atomic E-state index is 14.0. The molecule has 0 radical (unpaired) electrons. The fraction of sp³-hybridized carbons (Fsp3) is 0.200. The summed E-state index contributed by atoms with van der Waals surface area (Å²) in [4.78, 5) is 18.1. The number of hydrogen-bond donors (Lipinski definition) is 2. The van der Waals surface area contributed by atoms with Gasteiger partial charge in [-0.2, -0.15) is 4.98 Å². The van der Waals surface area contributed by atoms with Crippen LogP contribution in [0.15, 0.2) is 66.3 Å². The lowest BCUT2D eigenvalue weighted by molar-refractivity contribution is 0.268. The number of pyridine rings is 1. The molecule has 5 heterocycles. The molecule has 2 N–H and O–H groups in total. The average Bonchev–Trinajstić information content (AvgIpc) is 3.63. The first kappa shape index (κ1) is 24.5. The van der Waals surface area contributed by atoms with E-state index in [-0.39, 0.29) is 11.3 Å². The number of ether oxygens (including phenoxy) is 1. The van der Waals surface area contributed by atoms with E-state index in [0.717, 1.165) is 28.3 Å². The van der Waals surface area contributed by atoms with E-state index in [4.69, 9.17) is 14.7 Å². The van der Waals surface area contributed by atoms with Gasteiger partial charge in [-0.1, -0.05) is 24.3 Å². The van der Waals surface area contributed by atoms with Crippen LogP contribution in [0.3, 0.4) is 0 Å². The second-order valence-corrected chi connectivity index (χ2v) is 11.4. The molecule has 40 heavy (non-hydrogen) atoms. The number of phenolic OH excluding ortho intramolecular Hbond substituents is 1. The molecule has 0 fully saturated rings. The van der Waals surface area contributed by atoms with Crippen LogP contribution in [0.1, 0.15) is 19.4 Å². The van der Waals surface area contributed by atoms with Gasteiger partial charge in [0.2, 0.25) is 0 Å². The van der Waals surface area contributed by atoms with Crippen LogP contribution in [-0.2, 0) is 12.0 Å². The van der Waals surface area contributed by atoms with Crippen molar-refractivity contribution in [3.63, 3.8) is 0 Å². The van der Waals surface area contributed by atoms with E-state index in [9.17, 15) is 9.50 Å². The third-order valence-electron chi connectivity index (χ3n) is 7.14. The van der Waals surface area contributed by atoms with E-state index in [1.165, 1.54) is 10.8 Å². The first-order valence-corrected chi connectivity index (χ1v) is 13.8. The van der Waals surface area contributed by atoms with Gasteiger partial charge in [0, 0.05) is 39.5 Å². The number of anilines is 1. The summed E-state index contributed by atoms with van der Waals surface area (Å²) in [5, 5.41) is 17.3. The number of aromatic nitrogens is 5. The van der Waals surface area contributed by atoms with Gasteiger partial charge in [0.25, 0.3) is 6.01 Å². The molecule has 1 aliphatic rings. The fourth-order valence-corrected chi connectivity index (χ4v) is 6.10. The largest absolute Gasteiger partial charge is 0.507 e. The Morgan fingerprint density at radius 2 is 1.95 bits per heavy atom. The summed E-state index contributed by atoms with van der Waals surface area (Å²) >= 11 is 1.66. The number of nitrogens with one attached hydrogen (secondary N) is 1. The number of aromatic hydroxyl groups is 1. The molecule has 0 saturated carbocycles. The Labute approximate surface area is 233 Å². The van der Waals surface area contributed by atoms with Gasteiger partial charge in [0.15, 0.2) is 22.8 Å². The zero-order valence-electron chi connectivity index (χ0n) is 21.8. The van der Waals surface area contributed by atoms with Crippen LogP contribution in [0, 0.1) is 5.82 Å². The van der Waals surface area contributed by atoms with Gasteiger partial charge >= 0.3 is 0 Å². The van der Waals surface area contributed by atoms with Crippen molar-refractivity contribution in [2.24, 2.45) is 0 Å². The molecule has 4 aromatic heterocycles. The Kier molecular flexibility index (Phi) is 5.67. The van der Waals surface area contributed by atoms with E-state index in [1.807, 2.05) is 28.8 Å². The van der Waals surface area contributed by atoms with Crippen LogP contribution in [0.4, 0.5) is 10.2 Å². The lowest BCUT2D eigenvalue weighted by Gasteiger charge is -2.18.